The summed E-state index contributed by atoms with van der Waals surface area (Å²) in [6.07, 6.45) is 2.63. The lowest BCUT2D eigenvalue weighted by atomic mass is 10.0. The number of imidazole rings is 1. The first kappa shape index (κ1) is 13.8. The third kappa shape index (κ3) is 3.67. The van der Waals surface area contributed by atoms with Gasteiger partial charge >= 0.3 is 0 Å². The Morgan fingerprint density at radius 3 is 2.37 bits per heavy atom. The van der Waals surface area contributed by atoms with E-state index in [1.54, 1.807) is 0 Å². The summed E-state index contributed by atoms with van der Waals surface area (Å²) in [7, 11) is 0. The van der Waals surface area contributed by atoms with Gasteiger partial charge in [0.1, 0.15) is 5.82 Å². The van der Waals surface area contributed by atoms with Crippen LogP contribution in [0.1, 0.15) is 45.0 Å². The lowest BCUT2D eigenvalue weighted by Crippen LogP contribution is -2.34. The van der Waals surface area contributed by atoms with Crippen LogP contribution in [-0.4, -0.2) is 15.5 Å². The number of nitrogens with two attached hydrogens (primary N) is 1. The Hall–Kier alpha value is -1.61. The average molecular weight is 257 g/mol. The van der Waals surface area contributed by atoms with Crippen LogP contribution in [0.2, 0.25) is 0 Å². The smallest absolute Gasteiger partial charge is 0.108 e. The summed E-state index contributed by atoms with van der Waals surface area (Å²) in [6.45, 7) is 8.42. The topological polar surface area (TPSA) is 54.7 Å². The molecule has 0 saturated carbocycles. The molecule has 0 spiro atoms. The average Bonchev–Trinajstić information content (AvgIpc) is 2.75. The zero-order chi connectivity index (χ0) is 14.0. The maximum absolute atomic E-state index is 6.01. The number of hydrogen-bond donors (Lipinski definition) is 2. The van der Waals surface area contributed by atoms with Gasteiger partial charge in [-0.15, -0.1) is 0 Å². The molecule has 0 saturated heterocycles. The van der Waals surface area contributed by atoms with E-state index in [4.69, 9.17) is 5.73 Å². The van der Waals surface area contributed by atoms with Gasteiger partial charge in [0.15, 0.2) is 0 Å². The van der Waals surface area contributed by atoms with Gasteiger partial charge < -0.3 is 10.7 Å². The van der Waals surface area contributed by atoms with E-state index in [0.29, 0.717) is 5.92 Å². The standard InChI is InChI=1S/C16H23N3/c1-11(2)12-5-7-13(8-6-12)14-10-18-15(19-14)9-16(3,4)17/h5-8,10-11H,9,17H2,1-4H3,(H,18,19). The molecule has 1 aromatic carbocycles. The van der Waals surface area contributed by atoms with Crippen LogP contribution in [0, 0.1) is 0 Å². The van der Waals surface area contributed by atoms with Crippen molar-refractivity contribution in [2.75, 3.05) is 0 Å². The molecule has 0 bridgehead atoms. The molecule has 2 aromatic rings. The zero-order valence-corrected chi connectivity index (χ0v) is 12.2. The minimum atomic E-state index is -0.239. The summed E-state index contributed by atoms with van der Waals surface area (Å²) in [6, 6.07) is 8.63. The molecule has 3 nitrogen and oxygen atoms in total. The largest absolute Gasteiger partial charge is 0.342 e. The molecule has 0 aliphatic heterocycles. The first-order chi connectivity index (χ1) is 8.85. The lowest BCUT2D eigenvalue weighted by Gasteiger charge is -2.15. The normalized spacial score (nSPS) is 12.1. The number of nitrogens with one attached hydrogen (secondary N) is 1. The number of hydrogen-bond acceptors (Lipinski definition) is 2. The molecular weight excluding hydrogens is 234 g/mol. The second-order valence-electron chi connectivity index (χ2n) is 6.19. The molecule has 19 heavy (non-hydrogen) atoms. The Morgan fingerprint density at radius 2 is 1.84 bits per heavy atom. The number of H-pyrrole nitrogens is 1. The Labute approximate surface area is 115 Å². The number of aromatic nitrogens is 2. The summed E-state index contributed by atoms with van der Waals surface area (Å²) in [5.41, 5.74) is 9.34. The first-order valence-electron chi connectivity index (χ1n) is 6.78. The van der Waals surface area contributed by atoms with Crippen LogP contribution in [0.15, 0.2) is 30.5 Å². The molecular formula is C16H23N3. The van der Waals surface area contributed by atoms with Crippen molar-refractivity contribution in [1.29, 1.82) is 0 Å². The van der Waals surface area contributed by atoms with E-state index in [2.05, 4.69) is 48.1 Å². The molecule has 1 aromatic heterocycles. The Kier molecular flexibility index (Phi) is 3.76. The van der Waals surface area contributed by atoms with Crippen molar-refractivity contribution in [3.05, 3.63) is 41.9 Å². The van der Waals surface area contributed by atoms with Gasteiger partial charge in [-0.2, -0.15) is 0 Å². The second-order valence-corrected chi connectivity index (χ2v) is 6.19. The van der Waals surface area contributed by atoms with E-state index < -0.39 is 0 Å². The minimum Gasteiger partial charge on any atom is -0.342 e. The highest BCUT2D eigenvalue weighted by Gasteiger charge is 2.14. The van der Waals surface area contributed by atoms with Crippen molar-refractivity contribution in [3.8, 4) is 11.3 Å². The van der Waals surface area contributed by atoms with Crippen molar-refractivity contribution in [3.63, 3.8) is 0 Å². The fourth-order valence-electron chi connectivity index (χ4n) is 2.08. The van der Waals surface area contributed by atoms with E-state index in [1.165, 1.54) is 5.56 Å². The number of rotatable bonds is 4. The predicted octanol–water partition coefficient (Wildman–Crippen LogP) is 3.48. The molecule has 0 unspecified atom stereocenters. The van der Waals surface area contributed by atoms with Crippen molar-refractivity contribution in [1.82, 2.24) is 9.97 Å². The number of aromatic amines is 1. The van der Waals surface area contributed by atoms with Crippen LogP contribution in [0.5, 0.6) is 0 Å². The van der Waals surface area contributed by atoms with Gasteiger partial charge in [-0.3, -0.25) is 0 Å². The van der Waals surface area contributed by atoms with Gasteiger partial charge in [-0.05, 0) is 30.9 Å². The third-order valence-electron chi connectivity index (χ3n) is 3.14. The lowest BCUT2D eigenvalue weighted by molar-refractivity contribution is 0.505. The van der Waals surface area contributed by atoms with Gasteiger partial charge in [0.05, 0.1) is 11.9 Å². The van der Waals surface area contributed by atoms with E-state index in [-0.39, 0.29) is 5.54 Å². The van der Waals surface area contributed by atoms with Gasteiger partial charge in [0, 0.05) is 12.0 Å². The fourth-order valence-corrected chi connectivity index (χ4v) is 2.08. The van der Waals surface area contributed by atoms with Crippen LogP contribution in [0.4, 0.5) is 0 Å². The van der Waals surface area contributed by atoms with E-state index in [9.17, 15) is 0 Å². The number of benzene rings is 1. The summed E-state index contributed by atoms with van der Waals surface area (Å²) in [4.78, 5) is 7.74. The SMILES string of the molecule is CC(C)c1ccc(-c2cnc(CC(C)(C)N)[nH]2)cc1. The van der Waals surface area contributed by atoms with Gasteiger partial charge in [0.2, 0.25) is 0 Å². The minimum absolute atomic E-state index is 0.239. The molecule has 0 aliphatic carbocycles. The second kappa shape index (κ2) is 5.17. The molecule has 0 atom stereocenters. The monoisotopic (exact) mass is 257 g/mol. The highest BCUT2D eigenvalue weighted by molar-refractivity contribution is 5.59. The van der Waals surface area contributed by atoms with Gasteiger partial charge in [-0.1, -0.05) is 38.1 Å². The molecule has 102 valence electrons. The first-order valence-corrected chi connectivity index (χ1v) is 6.78. The van der Waals surface area contributed by atoms with E-state index >= 15 is 0 Å². The Bertz CT molecular complexity index is 530. The van der Waals surface area contributed by atoms with Crippen molar-refractivity contribution in [2.24, 2.45) is 5.73 Å². The van der Waals surface area contributed by atoms with E-state index in [0.717, 1.165) is 23.5 Å². The number of nitrogens with zero attached hydrogens (tertiary/aromatic N) is 1. The molecule has 2 rings (SSSR count). The van der Waals surface area contributed by atoms with Gasteiger partial charge in [-0.25, -0.2) is 4.98 Å². The van der Waals surface area contributed by atoms with Crippen molar-refractivity contribution >= 4 is 0 Å². The van der Waals surface area contributed by atoms with Crippen LogP contribution >= 0.6 is 0 Å². The molecule has 3 heteroatoms. The summed E-state index contributed by atoms with van der Waals surface area (Å²) >= 11 is 0. The maximum Gasteiger partial charge on any atom is 0.108 e. The van der Waals surface area contributed by atoms with Crippen LogP contribution in [0.3, 0.4) is 0 Å². The van der Waals surface area contributed by atoms with Crippen LogP contribution in [0.25, 0.3) is 11.3 Å². The quantitative estimate of drug-likeness (QED) is 0.881. The summed E-state index contributed by atoms with van der Waals surface area (Å²) < 4.78 is 0. The predicted molar refractivity (Wildman–Crippen MR) is 80.1 cm³/mol. The fraction of sp³-hybridized carbons (Fsp3) is 0.438. The van der Waals surface area contributed by atoms with Crippen molar-refractivity contribution < 1.29 is 0 Å². The summed E-state index contributed by atoms with van der Waals surface area (Å²) in [5.74, 6) is 1.50. The molecule has 0 fully saturated rings. The van der Waals surface area contributed by atoms with Crippen molar-refractivity contribution in [2.45, 2.75) is 45.6 Å². The highest BCUT2D eigenvalue weighted by atomic mass is 14.9. The third-order valence-corrected chi connectivity index (χ3v) is 3.14. The highest BCUT2D eigenvalue weighted by Crippen LogP contribution is 2.21. The molecule has 3 N–H and O–H groups in total. The molecule has 0 radical (unpaired) electrons. The van der Waals surface area contributed by atoms with Crippen LogP contribution < -0.4 is 5.73 Å². The zero-order valence-electron chi connectivity index (χ0n) is 12.2. The summed E-state index contributed by atoms with van der Waals surface area (Å²) in [5, 5.41) is 0. The Balaban J connectivity index is 2.18. The van der Waals surface area contributed by atoms with Gasteiger partial charge in [0.25, 0.3) is 0 Å². The molecule has 1 heterocycles. The van der Waals surface area contributed by atoms with Crippen LogP contribution in [-0.2, 0) is 6.42 Å². The molecule has 0 amide bonds. The Morgan fingerprint density at radius 1 is 1.21 bits per heavy atom. The van der Waals surface area contributed by atoms with E-state index in [1.807, 2.05) is 20.0 Å². The molecule has 0 aliphatic rings. The maximum atomic E-state index is 6.01.